The summed E-state index contributed by atoms with van der Waals surface area (Å²) in [5, 5.41) is 3.16. The van der Waals surface area contributed by atoms with Gasteiger partial charge in [0.15, 0.2) is 0 Å². The van der Waals surface area contributed by atoms with E-state index in [2.05, 4.69) is 49.4 Å². The molecule has 0 radical (unpaired) electrons. The average molecular weight is 442 g/mol. The molecule has 0 amide bonds. The highest BCUT2D eigenvalue weighted by molar-refractivity contribution is 5.38. The number of rotatable bonds is 5. The fourth-order valence-corrected chi connectivity index (χ4v) is 4.93. The van der Waals surface area contributed by atoms with E-state index in [1.54, 1.807) is 12.5 Å². The van der Waals surface area contributed by atoms with Crippen molar-refractivity contribution in [2.24, 2.45) is 5.41 Å². The van der Waals surface area contributed by atoms with E-state index in [-0.39, 0.29) is 11.9 Å². The Balaban J connectivity index is 1.10. The van der Waals surface area contributed by atoms with Gasteiger partial charge in [0.1, 0.15) is 17.8 Å². The van der Waals surface area contributed by atoms with Crippen LogP contribution in [0.25, 0.3) is 5.69 Å². The van der Waals surface area contributed by atoms with E-state index in [0.29, 0.717) is 5.41 Å². The third-order valence-corrected chi connectivity index (χ3v) is 6.73. The van der Waals surface area contributed by atoms with Crippen molar-refractivity contribution in [1.82, 2.24) is 24.4 Å². The van der Waals surface area contributed by atoms with E-state index in [1.807, 2.05) is 10.8 Å². The molecule has 1 spiro atoms. The third-order valence-electron chi connectivity index (χ3n) is 6.73. The van der Waals surface area contributed by atoms with Gasteiger partial charge >= 0.3 is 6.18 Å². The number of alkyl halides is 3. The number of nitrogens with zero attached hydrogens (tertiary/aromatic N) is 5. The molecular formula is C23H25F3N6. The van der Waals surface area contributed by atoms with Crippen molar-refractivity contribution in [3.8, 4) is 5.69 Å². The van der Waals surface area contributed by atoms with Crippen LogP contribution in [0.1, 0.15) is 36.9 Å². The van der Waals surface area contributed by atoms with Crippen LogP contribution < -0.4 is 5.32 Å². The summed E-state index contributed by atoms with van der Waals surface area (Å²) < 4.78 is 40.5. The maximum Gasteiger partial charge on any atom is 0.433 e. The zero-order chi connectivity index (χ0) is 22.2. The number of halogens is 3. The molecule has 9 heteroatoms. The van der Waals surface area contributed by atoms with Crippen molar-refractivity contribution in [2.75, 3.05) is 18.4 Å². The zero-order valence-corrected chi connectivity index (χ0v) is 17.6. The molecule has 2 aliphatic rings. The van der Waals surface area contributed by atoms with Crippen LogP contribution in [0.3, 0.4) is 0 Å². The Labute approximate surface area is 184 Å². The van der Waals surface area contributed by atoms with Crippen LogP contribution in [0, 0.1) is 5.41 Å². The first-order valence-electron chi connectivity index (χ1n) is 10.8. The van der Waals surface area contributed by atoms with Gasteiger partial charge in [0.25, 0.3) is 0 Å². The molecule has 0 bridgehead atoms. The first kappa shape index (κ1) is 20.9. The fourth-order valence-electron chi connectivity index (χ4n) is 4.93. The van der Waals surface area contributed by atoms with Crippen molar-refractivity contribution >= 4 is 5.82 Å². The minimum atomic E-state index is -4.45. The number of aromatic nitrogens is 4. The normalized spacial score (nSPS) is 19.1. The van der Waals surface area contributed by atoms with Crippen LogP contribution in [0.2, 0.25) is 0 Å². The lowest BCUT2D eigenvalue weighted by Gasteiger charge is -2.52. The van der Waals surface area contributed by atoms with E-state index in [9.17, 15) is 13.2 Å². The molecule has 0 atom stereocenters. The minimum Gasteiger partial charge on any atom is -0.367 e. The van der Waals surface area contributed by atoms with Gasteiger partial charge in [0.2, 0.25) is 0 Å². The first-order chi connectivity index (χ1) is 15.4. The van der Waals surface area contributed by atoms with Gasteiger partial charge < -0.3 is 9.88 Å². The summed E-state index contributed by atoms with van der Waals surface area (Å²) in [4.78, 5) is 13.8. The molecule has 3 aromatic rings. The smallest absolute Gasteiger partial charge is 0.367 e. The number of likely N-dealkylation sites (tertiary alicyclic amines) is 1. The Hall–Kier alpha value is -2.94. The summed E-state index contributed by atoms with van der Waals surface area (Å²) in [6.07, 6.45) is 6.21. The maximum atomic E-state index is 12.8. The molecule has 0 unspecified atom stereocenters. The van der Waals surface area contributed by atoms with E-state index < -0.39 is 11.9 Å². The molecule has 5 rings (SSSR count). The first-order valence-corrected chi connectivity index (χ1v) is 10.8. The second-order valence-electron chi connectivity index (χ2n) is 8.95. The van der Waals surface area contributed by atoms with Gasteiger partial charge in [-0.05, 0) is 61.9 Å². The van der Waals surface area contributed by atoms with Crippen molar-refractivity contribution in [3.05, 3.63) is 66.6 Å². The highest BCUT2D eigenvalue weighted by Crippen LogP contribution is 2.50. The van der Waals surface area contributed by atoms with E-state index >= 15 is 0 Å². The average Bonchev–Trinajstić information content (AvgIpc) is 3.29. The SMILES string of the molecule is FC(F)(F)c1cc(NC2CC3(CCN(Cc4ccc(-n5ccnc5)cc4)CC3)C2)ncn1. The predicted molar refractivity (Wildman–Crippen MR) is 114 cm³/mol. The minimum absolute atomic E-state index is 0.174. The van der Waals surface area contributed by atoms with Crippen LogP contribution in [0.15, 0.2) is 55.4 Å². The van der Waals surface area contributed by atoms with Crippen LogP contribution in [0.4, 0.5) is 19.0 Å². The Bertz CT molecular complexity index is 1030. The van der Waals surface area contributed by atoms with Crippen molar-refractivity contribution < 1.29 is 13.2 Å². The molecular weight excluding hydrogens is 417 g/mol. The standard InChI is InChI=1S/C23H25F3N6/c24-23(25,26)20-11-21(29-15-28-20)30-18-12-22(13-18)5-8-31(9-6-22)14-17-1-3-19(4-2-17)32-10-7-27-16-32/h1-4,7,10-11,15-16,18H,5-6,8-9,12-14H2,(H,28,29,30). The lowest BCUT2D eigenvalue weighted by atomic mass is 9.60. The molecule has 1 saturated heterocycles. The van der Waals surface area contributed by atoms with Gasteiger partial charge in [-0.1, -0.05) is 12.1 Å². The topological polar surface area (TPSA) is 58.9 Å². The van der Waals surface area contributed by atoms with E-state index in [1.165, 1.54) is 5.56 Å². The summed E-state index contributed by atoms with van der Waals surface area (Å²) in [5.74, 6) is 0.253. The van der Waals surface area contributed by atoms with Crippen molar-refractivity contribution in [1.29, 1.82) is 0 Å². The molecule has 168 valence electrons. The molecule has 32 heavy (non-hydrogen) atoms. The molecule has 2 fully saturated rings. The largest absolute Gasteiger partial charge is 0.433 e. The summed E-state index contributed by atoms with van der Waals surface area (Å²) in [7, 11) is 0. The van der Waals surface area contributed by atoms with Gasteiger partial charge in [0.05, 0.1) is 6.33 Å². The van der Waals surface area contributed by atoms with Gasteiger partial charge in [0, 0.05) is 36.7 Å². The number of hydrogen-bond donors (Lipinski definition) is 1. The second kappa shape index (κ2) is 8.20. The number of benzene rings is 1. The van der Waals surface area contributed by atoms with Crippen LogP contribution in [0.5, 0.6) is 0 Å². The monoisotopic (exact) mass is 442 g/mol. The predicted octanol–water partition coefficient (Wildman–Crippen LogP) is 4.54. The number of nitrogens with one attached hydrogen (secondary N) is 1. The maximum absolute atomic E-state index is 12.8. The Kier molecular flexibility index (Phi) is 5.36. The quantitative estimate of drug-likeness (QED) is 0.629. The summed E-state index contributed by atoms with van der Waals surface area (Å²) in [6.45, 7) is 3.02. The number of imidazole rings is 1. The Morgan fingerprint density at radius 3 is 2.47 bits per heavy atom. The molecule has 1 N–H and O–H groups in total. The number of piperidine rings is 1. The Morgan fingerprint density at radius 1 is 1.06 bits per heavy atom. The van der Waals surface area contributed by atoms with E-state index in [4.69, 9.17) is 0 Å². The van der Waals surface area contributed by atoms with Gasteiger partial charge in [-0.3, -0.25) is 4.90 Å². The molecule has 1 aromatic carbocycles. The fraction of sp³-hybridized carbons (Fsp3) is 0.435. The highest BCUT2D eigenvalue weighted by Gasteiger charge is 2.46. The lowest BCUT2D eigenvalue weighted by Crippen LogP contribution is -2.51. The number of hydrogen-bond acceptors (Lipinski definition) is 5. The summed E-state index contributed by atoms with van der Waals surface area (Å²) in [5.41, 5.74) is 1.79. The molecule has 1 aliphatic carbocycles. The van der Waals surface area contributed by atoms with Gasteiger partial charge in [-0.2, -0.15) is 13.2 Å². The molecule has 1 saturated carbocycles. The third kappa shape index (κ3) is 4.48. The molecule has 3 heterocycles. The van der Waals surface area contributed by atoms with E-state index in [0.717, 1.165) is 63.4 Å². The number of anilines is 1. The Morgan fingerprint density at radius 2 is 1.81 bits per heavy atom. The molecule has 2 aromatic heterocycles. The van der Waals surface area contributed by atoms with Gasteiger partial charge in [-0.25, -0.2) is 15.0 Å². The lowest BCUT2D eigenvalue weighted by molar-refractivity contribution is -0.141. The zero-order valence-electron chi connectivity index (χ0n) is 17.6. The van der Waals surface area contributed by atoms with Gasteiger partial charge in [-0.15, -0.1) is 0 Å². The van der Waals surface area contributed by atoms with Crippen LogP contribution in [-0.2, 0) is 12.7 Å². The second-order valence-corrected chi connectivity index (χ2v) is 8.95. The highest BCUT2D eigenvalue weighted by atomic mass is 19.4. The van der Waals surface area contributed by atoms with Crippen molar-refractivity contribution in [2.45, 2.75) is 44.4 Å². The van der Waals surface area contributed by atoms with Crippen LogP contribution >= 0.6 is 0 Å². The summed E-state index contributed by atoms with van der Waals surface area (Å²) in [6, 6.07) is 9.73. The molecule has 1 aliphatic heterocycles. The van der Waals surface area contributed by atoms with Crippen molar-refractivity contribution in [3.63, 3.8) is 0 Å². The molecule has 6 nitrogen and oxygen atoms in total. The van der Waals surface area contributed by atoms with Crippen LogP contribution in [-0.4, -0.2) is 43.6 Å². The summed E-state index contributed by atoms with van der Waals surface area (Å²) >= 11 is 0.